The van der Waals surface area contributed by atoms with Crippen LogP contribution in [0.25, 0.3) is 0 Å². The average Bonchev–Trinajstić information content (AvgIpc) is 2.44. The molecule has 0 aliphatic carbocycles. The largest absolute Gasteiger partial charge is 0.444 e. The van der Waals surface area contributed by atoms with Gasteiger partial charge in [0.05, 0.1) is 5.75 Å². The Morgan fingerprint density at radius 3 is 2.56 bits per heavy atom. The summed E-state index contributed by atoms with van der Waals surface area (Å²) in [5, 5.41) is 0.510. The first kappa shape index (κ1) is 20.0. The minimum Gasteiger partial charge on any atom is -0.444 e. The quantitative estimate of drug-likeness (QED) is 0.797. The van der Waals surface area contributed by atoms with Gasteiger partial charge in [-0.3, -0.25) is 0 Å². The number of nitrogens with zero attached hydrogens (tertiary/aromatic N) is 2. The van der Waals surface area contributed by atoms with E-state index >= 15 is 0 Å². The Labute approximate surface area is 154 Å². The van der Waals surface area contributed by atoms with Crippen LogP contribution in [-0.2, 0) is 20.5 Å². The third-order valence-electron chi connectivity index (χ3n) is 3.85. The molecule has 25 heavy (non-hydrogen) atoms. The van der Waals surface area contributed by atoms with E-state index in [1.165, 1.54) is 4.31 Å². The molecule has 1 aromatic carbocycles. The summed E-state index contributed by atoms with van der Waals surface area (Å²) in [6, 6.07) is 6.58. The maximum Gasteiger partial charge on any atom is 0.410 e. The number of rotatable bonds is 3. The molecule has 0 radical (unpaired) electrons. The lowest BCUT2D eigenvalue weighted by Gasteiger charge is -2.39. The molecule has 1 aliphatic heterocycles. The highest BCUT2D eigenvalue weighted by Gasteiger charge is 2.35. The van der Waals surface area contributed by atoms with E-state index in [2.05, 4.69) is 0 Å². The maximum absolute atomic E-state index is 12.7. The van der Waals surface area contributed by atoms with Gasteiger partial charge in [0.1, 0.15) is 5.60 Å². The highest BCUT2D eigenvalue weighted by molar-refractivity contribution is 7.88. The molecule has 1 heterocycles. The predicted octanol–water partition coefficient (Wildman–Crippen LogP) is 3.11. The molecular weight excluding hydrogens is 364 g/mol. The molecule has 2 rings (SSSR count). The Kier molecular flexibility index (Phi) is 6.01. The van der Waals surface area contributed by atoms with Crippen molar-refractivity contribution in [3.8, 4) is 0 Å². The van der Waals surface area contributed by atoms with Crippen molar-refractivity contribution in [3.63, 3.8) is 0 Å². The number of ether oxygens (including phenoxy) is 1. The topological polar surface area (TPSA) is 66.9 Å². The van der Waals surface area contributed by atoms with E-state index in [0.717, 1.165) is 0 Å². The second-order valence-electron chi connectivity index (χ2n) is 7.27. The summed E-state index contributed by atoms with van der Waals surface area (Å²) in [5.74, 6) is -0.104. The van der Waals surface area contributed by atoms with Crippen molar-refractivity contribution >= 4 is 27.7 Å². The first-order valence-electron chi connectivity index (χ1n) is 8.20. The molecule has 140 valence electrons. The standard InChI is InChI=1S/C17H25ClN2O4S/c1-13-11-19(8-9-20(13)16(21)24-17(2,3)4)25(22,23)12-14-6-5-7-15(18)10-14/h5-7,10,13H,8-9,11-12H2,1-4H3/t13-/m1/s1. The molecule has 1 saturated heterocycles. The highest BCUT2D eigenvalue weighted by Crippen LogP contribution is 2.20. The van der Waals surface area contributed by atoms with Crippen molar-refractivity contribution in [2.75, 3.05) is 19.6 Å². The normalized spacial score (nSPS) is 19.7. The fourth-order valence-corrected chi connectivity index (χ4v) is 4.50. The molecule has 1 fully saturated rings. The number of hydrogen-bond acceptors (Lipinski definition) is 4. The van der Waals surface area contributed by atoms with Crippen LogP contribution >= 0.6 is 11.6 Å². The number of hydrogen-bond donors (Lipinski definition) is 0. The molecular formula is C17H25ClN2O4S. The minimum absolute atomic E-state index is 0.104. The van der Waals surface area contributed by atoms with Crippen LogP contribution in [0.1, 0.15) is 33.3 Å². The monoisotopic (exact) mass is 388 g/mol. The van der Waals surface area contributed by atoms with E-state index in [0.29, 0.717) is 17.1 Å². The number of halogens is 1. The van der Waals surface area contributed by atoms with Crippen LogP contribution in [0.15, 0.2) is 24.3 Å². The fraction of sp³-hybridized carbons (Fsp3) is 0.588. The summed E-state index contributed by atoms with van der Waals surface area (Å²) in [7, 11) is -3.47. The lowest BCUT2D eigenvalue weighted by Crippen LogP contribution is -2.56. The lowest BCUT2D eigenvalue weighted by atomic mass is 10.2. The predicted molar refractivity (Wildman–Crippen MR) is 98.1 cm³/mol. The van der Waals surface area contributed by atoms with Crippen LogP contribution in [0.3, 0.4) is 0 Å². The van der Waals surface area contributed by atoms with Crippen molar-refractivity contribution in [1.82, 2.24) is 9.21 Å². The molecule has 1 amide bonds. The number of piperazine rings is 1. The van der Waals surface area contributed by atoms with E-state index in [4.69, 9.17) is 16.3 Å². The first-order chi connectivity index (χ1) is 11.5. The van der Waals surface area contributed by atoms with Gasteiger partial charge in [0.2, 0.25) is 10.0 Å². The van der Waals surface area contributed by atoms with Gasteiger partial charge in [0, 0.05) is 30.7 Å². The Hall–Kier alpha value is -1.31. The van der Waals surface area contributed by atoms with Gasteiger partial charge in [0.15, 0.2) is 0 Å². The van der Waals surface area contributed by atoms with Gasteiger partial charge in [0.25, 0.3) is 0 Å². The van der Waals surface area contributed by atoms with E-state index in [9.17, 15) is 13.2 Å². The molecule has 0 saturated carbocycles. The number of sulfonamides is 1. The SMILES string of the molecule is C[C@@H]1CN(S(=O)(=O)Cc2cccc(Cl)c2)CCN1C(=O)OC(C)(C)C. The zero-order chi connectivity index (χ0) is 18.8. The van der Waals surface area contributed by atoms with E-state index < -0.39 is 21.7 Å². The van der Waals surface area contributed by atoms with Gasteiger partial charge in [-0.25, -0.2) is 13.2 Å². The Bertz CT molecular complexity index is 730. The lowest BCUT2D eigenvalue weighted by molar-refractivity contribution is 0.00857. The van der Waals surface area contributed by atoms with E-state index in [1.54, 1.807) is 49.9 Å². The van der Waals surface area contributed by atoms with Crippen LogP contribution in [0.2, 0.25) is 5.02 Å². The van der Waals surface area contributed by atoms with Gasteiger partial charge in [-0.15, -0.1) is 0 Å². The number of carbonyl (C=O) groups is 1. The van der Waals surface area contributed by atoms with Crippen molar-refractivity contribution in [3.05, 3.63) is 34.9 Å². The molecule has 8 heteroatoms. The zero-order valence-electron chi connectivity index (χ0n) is 15.0. The summed E-state index contributed by atoms with van der Waals surface area (Å²) in [5.41, 5.74) is 0.0711. The Morgan fingerprint density at radius 1 is 1.32 bits per heavy atom. The van der Waals surface area contributed by atoms with Crippen molar-refractivity contribution < 1.29 is 17.9 Å². The van der Waals surface area contributed by atoms with Crippen LogP contribution < -0.4 is 0 Å². The Balaban J connectivity index is 2.03. The Morgan fingerprint density at radius 2 is 2.00 bits per heavy atom. The molecule has 0 unspecified atom stereocenters. The summed E-state index contributed by atoms with van der Waals surface area (Å²) >= 11 is 5.92. The molecule has 6 nitrogen and oxygen atoms in total. The van der Waals surface area contributed by atoms with Gasteiger partial charge in [-0.2, -0.15) is 4.31 Å². The van der Waals surface area contributed by atoms with Crippen LogP contribution in [0.5, 0.6) is 0 Å². The molecule has 1 atom stereocenters. The maximum atomic E-state index is 12.7. The molecule has 1 aromatic rings. The fourth-order valence-electron chi connectivity index (χ4n) is 2.70. The van der Waals surface area contributed by atoms with Gasteiger partial charge in [-0.05, 0) is 45.4 Å². The number of amides is 1. The molecule has 1 aliphatic rings. The summed E-state index contributed by atoms with van der Waals surface area (Å²) in [4.78, 5) is 13.8. The molecule has 0 bridgehead atoms. The van der Waals surface area contributed by atoms with Crippen LogP contribution in [0.4, 0.5) is 4.79 Å². The number of carbonyl (C=O) groups excluding carboxylic acids is 1. The van der Waals surface area contributed by atoms with Crippen molar-refractivity contribution in [1.29, 1.82) is 0 Å². The minimum atomic E-state index is -3.47. The average molecular weight is 389 g/mol. The summed E-state index contributed by atoms with van der Waals surface area (Å²) in [6.45, 7) is 8.06. The molecule has 0 spiro atoms. The molecule has 0 N–H and O–H groups in total. The van der Waals surface area contributed by atoms with Crippen molar-refractivity contribution in [2.45, 2.75) is 45.1 Å². The first-order valence-corrected chi connectivity index (χ1v) is 10.2. The third kappa shape index (κ3) is 5.59. The molecule has 0 aromatic heterocycles. The zero-order valence-corrected chi connectivity index (χ0v) is 16.6. The highest BCUT2D eigenvalue weighted by atomic mass is 35.5. The third-order valence-corrected chi connectivity index (χ3v) is 5.90. The van der Waals surface area contributed by atoms with Crippen molar-refractivity contribution in [2.24, 2.45) is 0 Å². The van der Waals surface area contributed by atoms with E-state index in [-0.39, 0.29) is 24.9 Å². The summed E-state index contributed by atoms with van der Waals surface area (Å²) < 4.78 is 32.1. The summed E-state index contributed by atoms with van der Waals surface area (Å²) in [6.07, 6.45) is -0.410. The second kappa shape index (κ2) is 7.51. The smallest absolute Gasteiger partial charge is 0.410 e. The van der Waals surface area contributed by atoms with Gasteiger partial charge < -0.3 is 9.64 Å². The van der Waals surface area contributed by atoms with Crippen LogP contribution in [0, 0.1) is 0 Å². The van der Waals surface area contributed by atoms with Gasteiger partial charge >= 0.3 is 6.09 Å². The number of benzene rings is 1. The second-order valence-corrected chi connectivity index (χ2v) is 9.67. The van der Waals surface area contributed by atoms with E-state index in [1.807, 2.05) is 6.92 Å². The van der Waals surface area contributed by atoms with Gasteiger partial charge in [-0.1, -0.05) is 23.7 Å². The van der Waals surface area contributed by atoms with Crippen LogP contribution in [-0.4, -0.2) is 55.0 Å².